The van der Waals surface area contributed by atoms with E-state index < -0.39 is 0 Å². The molecule has 0 aliphatic carbocycles. The number of nitrogens with two attached hydrogens (primary N) is 1. The molecule has 0 amide bonds. The Morgan fingerprint density at radius 1 is 1.47 bits per heavy atom. The van der Waals surface area contributed by atoms with Crippen LogP contribution < -0.4 is 15.4 Å². The van der Waals surface area contributed by atoms with Crippen LogP contribution in [0.25, 0.3) is 0 Å². The molecule has 1 saturated heterocycles. The van der Waals surface area contributed by atoms with E-state index >= 15 is 0 Å². The molecule has 94 valence electrons. The fourth-order valence-electron chi connectivity index (χ4n) is 2.00. The van der Waals surface area contributed by atoms with Crippen LogP contribution in [0.1, 0.15) is 13.8 Å². The lowest BCUT2D eigenvalue weighted by Gasteiger charge is -2.43. The fraction of sp³-hybridized carbons (Fsp3) is 0.636. The number of aromatic nitrogens is 2. The molecular weight excluding hydrogens is 220 g/mol. The summed E-state index contributed by atoms with van der Waals surface area (Å²) in [5.41, 5.74) is 6.36. The fourth-order valence-corrected chi connectivity index (χ4v) is 2.00. The topological polar surface area (TPSA) is 73.5 Å². The maximum absolute atomic E-state index is 6.01. The molecule has 0 unspecified atom stereocenters. The summed E-state index contributed by atoms with van der Waals surface area (Å²) in [6.07, 6.45) is 1.47. The van der Waals surface area contributed by atoms with Gasteiger partial charge in [-0.05, 0) is 13.8 Å². The van der Waals surface area contributed by atoms with E-state index in [4.69, 9.17) is 15.2 Å². The van der Waals surface area contributed by atoms with Crippen LogP contribution in [0.3, 0.4) is 0 Å². The first-order valence-corrected chi connectivity index (χ1v) is 5.56. The van der Waals surface area contributed by atoms with Crippen molar-refractivity contribution in [2.45, 2.75) is 19.4 Å². The maximum Gasteiger partial charge on any atom is 0.242 e. The minimum absolute atomic E-state index is 0.133. The van der Waals surface area contributed by atoms with Gasteiger partial charge in [0.1, 0.15) is 12.0 Å². The van der Waals surface area contributed by atoms with Crippen LogP contribution in [0.15, 0.2) is 6.33 Å². The highest BCUT2D eigenvalue weighted by molar-refractivity contribution is 5.68. The van der Waals surface area contributed by atoms with Crippen LogP contribution in [0.5, 0.6) is 5.88 Å². The monoisotopic (exact) mass is 238 g/mol. The lowest BCUT2D eigenvalue weighted by atomic mass is 10.0. The molecule has 0 radical (unpaired) electrons. The van der Waals surface area contributed by atoms with Crippen molar-refractivity contribution in [3.63, 3.8) is 0 Å². The molecule has 2 N–H and O–H groups in total. The van der Waals surface area contributed by atoms with Crippen molar-refractivity contribution in [1.29, 1.82) is 0 Å². The van der Waals surface area contributed by atoms with E-state index in [1.807, 2.05) is 0 Å². The molecule has 1 aliphatic heterocycles. The summed E-state index contributed by atoms with van der Waals surface area (Å²) in [5, 5.41) is 0. The third-order valence-electron chi connectivity index (χ3n) is 2.92. The highest BCUT2D eigenvalue weighted by atomic mass is 16.5. The molecule has 2 heterocycles. The van der Waals surface area contributed by atoms with Gasteiger partial charge < -0.3 is 20.1 Å². The molecule has 2 rings (SSSR count). The Morgan fingerprint density at radius 3 is 2.88 bits per heavy atom. The SMILES string of the molecule is COc1ncnc(N2CCOCC2(C)C)c1N. The van der Waals surface area contributed by atoms with Gasteiger partial charge in [0, 0.05) is 6.54 Å². The van der Waals surface area contributed by atoms with E-state index in [-0.39, 0.29) is 5.54 Å². The number of rotatable bonds is 2. The molecule has 0 saturated carbocycles. The number of hydrogen-bond acceptors (Lipinski definition) is 6. The maximum atomic E-state index is 6.01. The molecule has 1 aromatic rings. The third kappa shape index (κ3) is 2.12. The number of hydrogen-bond donors (Lipinski definition) is 1. The summed E-state index contributed by atoms with van der Waals surface area (Å²) in [6.45, 7) is 6.28. The van der Waals surface area contributed by atoms with Crippen LogP contribution in [-0.2, 0) is 4.74 Å². The van der Waals surface area contributed by atoms with Gasteiger partial charge in [0.2, 0.25) is 5.88 Å². The zero-order valence-corrected chi connectivity index (χ0v) is 10.4. The molecular formula is C11H18N4O2. The molecule has 6 heteroatoms. The van der Waals surface area contributed by atoms with Crippen LogP contribution in [0.2, 0.25) is 0 Å². The smallest absolute Gasteiger partial charge is 0.242 e. The molecule has 0 bridgehead atoms. The molecule has 0 aromatic carbocycles. The number of anilines is 2. The van der Waals surface area contributed by atoms with Gasteiger partial charge in [0.15, 0.2) is 5.82 Å². The molecule has 17 heavy (non-hydrogen) atoms. The first-order chi connectivity index (χ1) is 8.06. The van der Waals surface area contributed by atoms with Crippen molar-refractivity contribution in [3.05, 3.63) is 6.33 Å². The van der Waals surface area contributed by atoms with Crippen LogP contribution in [0, 0.1) is 0 Å². The van der Waals surface area contributed by atoms with Crippen LogP contribution >= 0.6 is 0 Å². The number of nitrogen functional groups attached to an aromatic ring is 1. The Kier molecular flexibility index (Phi) is 3.06. The highest BCUT2D eigenvalue weighted by Crippen LogP contribution is 2.33. The van der Waals surface area contributed by atoms with Gasteiger partial charge in [-0.25, -0.2) is 4.98 Å². The van der Waals surface area contributed by atoms with Crippen molar-refractivity contribution < 1.29 is 9.47 Å². The number of morpholine rings is 1. The Balaban J connectivity index is 2.39. The van der Waals surface area contributed by atoms with Crippen molar-refractivity contribution in [2.75, 3.05) is 37.5 Å². The predicted octanol–water partition coefficient (Wildman–Crippen LogP) is 0.683. The second-order valence-corrected chi connectivity index (χ2v) is 4.64. The summed E-state index contributed by atoms with van der Waals surface area (Å²) in [6, 6.07) is 0. The lowest BCUT2D eigenvalue weighted by Crippen LogP contribution is -2.53. The quantitative estimate of drug-likeness (QED) is 0.817. The van der Waals surface area contributed by atoms with Crippen molar-refractivity contribution in [1.82, 2.24) is 9.97 Å². The minimum Gasteiger partial charge on any atom is -0.479 e. The Hall–Kier alpha value is -1.56. The van der Waals surface area contributed by atoms with Gasteiger partial charge in [0.25, 0.3) is 0 Å². The average molecular weight is 238 g/mol. The van der Waals surface area contributed by atoms with Gasteiger partial charge in [-0.3, -0.25) is 0 Å². The second kappa shape index (κ2) is 4.37. The number of nitrogens with zero attached hydrogens (tertiary/aromatic N) is 3. The molecule has 0 spiro atoms. The predicted molar refractivity (Wildman–Crippen MR) is 65.2 cm³/mol. The Bertz CT molecular complexity index is 408. The standard InChI is InChI=1S/C11H18N4O2/c1-11(2)6-17-5-4-15(11)9-8(12)10(16-3)14-7-13-9/h7H,4-6,12H2,1-3H3. The highest BCUT2D eigenvalue weighted by Gasteiger charge is 2.33. The van der Waals surface area contributed by atoms with Crippen LogP contribution in [-0.4, -0.2) is 42.4 Å². The minimum atomic E-state index is -0.133. The Morgan fingerprint density at radius 2 is 2.24 bits per heavy atom. The molecule has 1 fully saturated rings. The van der Waals surface area contributed by atoms with E-state index in [0.29, 0.717) is 30.6 Å². The van der Waals surface area contributed by atoms with Gasteiger partial charge in [-0.1, -0.05) is 0 Å². The van der Waals surface area contributed by atoms with E-state index in [9.17, 15) is 0 Å². The third-order valence-corrected chi connectivity index (χ3v) is 2.92. The number of ether oxygens (including phenoxy) is 2. The Labute approximate surface area is 101 Å². The summed E-state index contributed by atoms with van der Waals surface area (Å²) in [7, 11) is 1.55. The normalized spacial score (nSPS) is 19.1. The van der Waals surface area contributed by atoms with Crippen molar-refractivity contribution >= 4 is 11.5 Å². The number of methoxy groups -OCH3 is 1. The van der Waals surface area contributed by atoms with Gasteiger partial charge in [-0.2, -0.15) is 4.98 Å². The summed E-state index contributed by atoms with van der Waals surface area (Å²) in [5.74, 6) is 1.13. The second-order valence-electron chi connectivity index (χ2n) is 4.64. The van der Waals surface area contributed by atoms with Gasteiger partial charge in [-0.15, -0.1) is 0 Å². The van der Waals surface area contributed by atoms with Crippen LogP contribution in [0.4, 0.5) is 11.5 Å². The molecule has 1 aliphatic rings. The summed E-state index contributed by atoms with van der Waals surface area (Å²) >= 11 is 0. The zero-order valence-electron chi connectivity index (χ0n) is 10.4. The molecule has 1 aromatic heterocycles. The van der Waals surface area contributed by atoms with E-state index in [2.05, 4.69) is 28.7 Å². The molecule has 0 atom stereocenters. The van der Waals surface area contributed by atoms with E-state index in [1.165, 1.54) is 6.33 Å². The van der Waals surface area contributed by atoms with Crippen molar-refractivity contribution in [3.8, 4) is 5.88 Å². The largest absolute Gasteiger partial charge is 0.479 e. The van der Waals surface area contributed by atoms with E-state index in [1.54, 1.807) is 7.11 Å². The van der Waals surface area contributed by atoms with Gasteiger partial charge >= 0.3 is 0 Å². The zero-order chi connectivity index (χ0) is 12.5. The summed E-state index contributed by atoms with van der Waals surface area (Å²) < 4.78 is 10.6. The average Bonchev–Trinajstić information content (AvgIpc) is 2.30. The van der Waals surface area contributed by atoms with Gasteiger partial charge in [0.05, 0.1) is 25.9 Å². The molecule has 6 nitrogen and oxygen atoms in total. The first-order valence-electron chi connectivity index (χ1n) is 5.56. The van der Waals surface area contributed by atoms with Crippen molar-refractivity contribution in [2.24, 2.45) is 0 Å². The van der Waals surface area contributed by atoms with E-state index in [0.717, 1.165) is 6.54 Å². The summed E-state index contributed by atoms with van der Waals surface area (Å²) in [4.78, 5) is 10.4. The first kappa shape index (κ1) is 11.9. The lowest BCUT2D eigenvalue weighted by molar-refractivity contribution is 0.0639.